The van der Waals surface area contributed by atoms with Crippen LogP contribution in [0, 0.1) is 37.4 Å². The zero-order valence-corrected chi connectivity index (χ0v) is 11.0. The van der Waals surface area contributed by atoms with Crippen LogP contribution in [0.25, 0.3) is 11.3 Å². The van der Waals surface area contributed by atoms with Gasteiger partial charge < -0.3 is 9.84 Å². The molecule has 0 aliphatic heterocycles. The second-order valence-corrected chi connectivity index (χ2v) is 4.54. The van der Waals surface area contributed by atoms with Crippen molar-refractivity contribution in [1.29, 1.82) is 0 Å². The van der Waals surface area contributed by atoms with Crippen LogP contribution in [0.15, 0.2) is 34.9 Å². The van der Waals surface area contributed by atoms with Crippen LogP contribution in [-0.4, -0.2) is 11.1 Å². The van der Waals surface area contributed by atoms with Crippen LogP contribution in [0.1, 0.15) is 5.76 Å². The van der Waals surface area contributed by atoms with Gasteiger partial charge in [-0.2, -0.15) is 0 Å². The minimum atomic E-state index is -0.301. The maximum atomic E-state index is 12.9. The number of amides is 1. The van der Waals surface area contributed by atoms with Gasteiger partial charge in [-0.1, -0.05) is 5.16 Å². The number of halogens is 1. The molecule has 0 unspecified atom stereocenters. The van der Waals surface area contributed by atoms with E-state index in [9.17, 15) is 9.18 Å². The van der Waals surface area contributed by atoms with Crippen molar-refractivity contribution in [2.75, 3.05) is 0 Å². The van der Waals surface area contributed by atoms with Gasteiger partial charge in [0.1, 0.15) is 11.5 Å². The van der Waals surface area contributed by atoms with Crippen LogP contribution in [0.4, 0.5) is 4.39 Å². The standard InChI is InChI=1S/C16H12FN2O2/c17-13-7-5-11(6-8-13)15-9-14(21-19-15)10-18-16(20)12-3-1-2-4-12/h1-9H,10H2,(H,18,20). The predicted molar refractivity (Wildman–Crippen MR) is 74.2 cm³/mol. The van der Waals surface area contributed by atoms with E-state index in [0.717, 1.165) is 5.56 Å². The molecule has 0 bridgehead atoms. The van der Waals surface area contributed by atoms with Gasteiger partial charge in [0.15, 0.2) is 5.76 Å². The lowest BCUT2D eigenvalue weighted by Crippen LogP contribution is -2.27. The molecule has 1 amide bonds. The van der Waals surface area contributed by atoms with E-state index in [1.165, 1.54) is 12.1 Å². The number of rotatable bonds is 4. The number of benzene rings is 1. The maximum Gasteiger partial charge on any atom is 0.228 e. The van der Waals surface area contributed by atoms with Gasteiger partial charge in [0.05, 0.1) is 12.5 Å². The van der Waals surface area contributed by atoms with Crippen LogP contribution >= 0.6 is 0 Å². The fraction of sp³-hybridized carbons (Fsp3) is 0.0625. The maximum absolute atomic E-state index is 12.9. The molecule has 5 radical (unpaired) electrons. The number of hydrogen-bond donors (Lipinski definition) is 1. The summed E-state index contributed by atoms with van der Waals surface area (Å²) in [7, 11) is 0. The highest BCUT2D eigenvalue weighted by molar-refractivity contribution is 5.95. The molecule has 1 saturated carbocycles. The van der Waals surface area contributed by atoms with E-state index in [1.54, 1.807) is 43.9 Å². The van der Waals surface area contributed by atoms with Crippen molar-refractivity contribution in [3.8, 4) is 11.3 Å². The normalized spacial score (nSPS) is 15.3. The largest absolute Gasteiger partial charge is 0.359 e. The Morgan fingerprint density at radius 2 is 1.90 bits per heavy atom. The summed E-state index contributed by atoms with van der Waals surface area (Å²) in [6.07, 6.45) is 7.07. The first-order valence-corrected chi connectivity index (χ1v) is 6.44. The first-order valence-electron chi connectivity index (χ1n) is 6.44. The SMILES string of the molecule is O=C(NCc1cc(-c2ccc(F)cc2)no1)[C]1[CH][CH][CH][CH]1. The van der Waals surface area contributed by atoms with Crippen LogP contribution in [0.3, 0.4) is 0 Å². The lowest BCUT2D eigenvalue weighted by Gasteiger charge is -2.06. The van der Waals surface area contributed by atoms with Crippen LogP contribution in [0.5, 0.6) is 0 Å². The fourth-order valence-corrected chi connectivity index (χ4v) is 1.95. The Labute approximate surface area is 122 Å². The molecule has 21 heavy (non-hydrogen) atoms. The fourth-order valence-electron chi connectivity index (χ4n) is 1.95. The van der Waals surface area contributed by atoms with Crippen molar-refractivity contribution in [3.63, 3.8) is 0 Å². The minimum absolute atomic E-state index is 0.167. The van der Waals surface area contributed by atoms with E-state index in [0.29, 0.717) is 17.4 Å². The molecule has 2 aromatic rings. The Bertz CT molecular complexity index is 615. The Balaban J connectivity index is 1.60. The first kappa shape index (κ1) is 13.8. The lowest BCUT2D eigenvalue weighted by molar-refractivity contribution is -0.118. The first-order chi connectivity index (χ1) is 10.2. The summed E-state index contributed by atoms with van der Waals surface area (Å²) in [6, 6.07) is 7.69. The van der Waals surface area contributed by atoms with Crippen LogP contribution < -0.4 is 5.32 Å². The van der Waals surface area contributed by atoms with Crippen molar-refractivity contribution in [1.82, 2.24) is 10.5 Å². The Hall–Kier alpha value is -2.17. The molecule has 0 saturated heterocycles. The summed E-state index contributed by atoms with van der Waals surface area (Å²) in [5, 5.41) is 6.65. The minimum Gasteiger partial charge on any atom is -0.359 e. The van der Waals surface area contributed by atoms with Crippen molar-refractivity contribution in [3.05, 3.63) is 73.5 Å². The molecule has 1 aliphatic rings. The molecule has 1 N–H and O–H groups in total. The number of nitrogens with zero attached hydrogens (tertiary/aromatic N) is 1. The van der Waals surface area contributed by atoms with Gasteiger partial charge in [-0.25, -0.2) is 4.39 Å². The highest BCUT2D eigenvalue weighted by Gasteiger charge is 2.24. The second kappa shape index (κ2) is 6.08. The predicted octanol–water partition coefficient (Wildman–Crippen LogP) is 2.50. The second-order valence-electron chi connectivity index (χ2n) is 4.54. The number of hydrogen-bond acceptors (Lipinski definition) is 3. The van der Waals surface area contributed by atoms with Gasteiger partial charge in [-0.15, -0.1) is 0 Å². The molecule has 4 nitrogen and oxygen atoms in total. The molecule has 1 fully saturated rings. The quantitative estimate of drug-likeness (QED) is 0.938. The van der Waals surface area contributed by atoms with E-state index in [1.807, 2.05) is 0 Å². The van der Waals surface area contributed by atoms with Crippen molar-refractivity contribution in [2.24, 2.45) is 0 Å². The molecule has 105 valence electrons. The Kier molecular flexibility index (Phi) is 3.99. The Morgan fingerprint density at radius 3 is 2.62 bits per heavy atom. The molecule has 3 rings (SSSR count). The molecular formula is C16H12FN2O2. The summed E-state index contributed by atoms with van der Waals surface area (Å²) in [5.74, 6) is 0.673. The van der Waals surface area contributed by atoms with Gasteiger partial charge >= 0.3 is 0 Å². The number of nitrogens with one attached hydrogen (secondary N) is 1. The molecule has 1 aliphatic carbocycles. The van der Waals surface area contributed by atoms with E-state index in [4.69, 9.17) is 4.52 Å². The van der Waals surface area contributed by atoms with Gasteiger partial charge in [0.2, 0.25) is 5.91 Å². The highest BCUT2D eigenvalue weighted by atomic mass is 19.1. The molecule has 5 heteroatoms. The smallest absolute Gasteiger partial charge is 0.228 e. The molecular weight excluding hydrogens is 271 g/mol. The summed E-state index contributed by atoms with van der Waals surface area (Å²) < 4.78 is 18.0. The van der Waals surface area contributed by atoms with E-state index in [2.05, 4.69) is 10.5 Å². The summed E-state index contributed by atoms with van der Waals surface area (Å²) in [6.45, 7) is 0.248. The highest BCUT2D eigenvalue weighted by Crippen LogP contribution is 2.23. The average Bonchev–Trinajstić information content (AvgIpc) is 3.17. The topological polar surface area (TPSA) is 55.1 Å². The number of carbonyl (C=O) groups is 1. The summed E-state index contributed by atoms with van der Waals surface area (Å²) >= 11 is 0. The average molecular weight is 283 g/mol. The third kappa shape index (κ3) is 3.29. The van der Waals surface area contributed by atoms with Gasteiger partial charge in [0, 0.05) is 11.6 Å². The zero-order valence-electron chi connectivity index (χ0n) is 11.0. The van der Waals surface area contributed by atoms with Gasteiger partial charge in [-0.3, -0.25) is 4.79 Å². The van der Waals surface area contributed by atoms with Gasteiger partial charge in [0.25, 0.3) is 0 Å². The monoisotopic (exact) mass is 283 g/mol. The lowest BCUT2D eigenvalue weighted by atomic mass is 10.1. The molecule has 1 aromatic heterocycles. The van der Waals surface area contributed by atoms with E-state index >= 15 is 0 Å². The summed E-state index contributed by atoms with van der Waals surface area (Å²) in [5.41, 5.74) is 1.36. The van der Waals surface area contributed by atoms with Crippen LogP contribution in [0.2, 0.25) is 0 Å². The van der Waals surface area contributed by atoms with E-state index < -0.39 is 0 Å². The molecule has 0 spiro atoms. The number of carbonyl (C=O) groups excluding carboxylic acids is 1. The van der Waals surface area contributed by atoms with Crippen molar-refractivity contribution < 1.29 is 13.7 Å². The van der Waals surface area contributed by atoms with Crippen molar-refractivity contribution in [2.45, 2.75) is 6.54 Å². The molecule has 0 atom stereocenters. The van der Waals surface area contributed by atoms with Crippen molar-refractivity contribution >= 4 is 5.91 Å². The van der Waals surface area contributed by atoms with Crippen LogP contribution in [-0.2, 0) is 11.3 Å². The molecule has 1 aromatic carbocycles. The van der Waals surface area contributed by atoms with E-state index in [-0.39, 0.29) is 18.3 Å². The molecule has 1 heterocycles. The third-order valence-electron chi connectivity index (χ3n) is 3.05. The Morgan fingerprint density at radius 1 is 1.19 bits per heavy atom. The number of aromatic nitrogens is 1. The zero-order chi connectivity index (χ0) is 14.7. The summed E-state index contributed by atoms with van der Waals surface area (Å²) in [4.78, 5) is 11.8. The van der Waals surface area contributed by atoms with Gasteiger partial charge in [-0.05, 0) is 49.9 Å². The third-order valence-corrected chi connectivity index (χ3v) is 3.05.